The molecular formula is C21H17N5O3. The Bertz CT molecular complexity index is 1190. The molecule has 3 heterocycles. The number of methoxy groups -OCH3 is 1. The number of nitrogen functional groups attached to an aromatic ring is 1. The molecule has 0 aliphatic carbocycles. The van der Waals surface area contributed by atoms with Crippen molar-refractivity contribution in [1.82, 2.24) is 19.9 Å². The van der Waals surface area contributed by atoms with E-state index in [1.165, 1.54) is 13.2 Å². The molecule has 0 bridgehead atoms. The molecule has 3 aromatic heterocycles. The fourth-order valence-corrected chi connectivity index (χ4v) is 2.95. The Morgan fingerprint density at radius 1 is 1.10 bits per heavy atom. The molecule has 0 radical (unpaired) electrons. The summed E-state index contributed by atoms with van der Waals surface area (Å²) in [6.07, 6.45) is 4.90. The summed E-state index contributed by atoms with van der Waals surface area (Å²) in [5, 5.41) is 9.98. The third-order valence-electron chi connectivity index (χ3n) is 4.40. The fourth-order valence-electron chi connectivity index (χ4n) is 2.95. The first kappa shape index (κ1) is 18.2. The van der Waals surface area contributed by atoms with Gasteiger partial charge >= 0.3 is 5.97 Å². The van der Waals surface area contributed by atoms with Crippen molar-refractivity contribution < 1.29 is 14.6 Å². The van der Waals surface area contributed by atoms with E-state index in [4.69, 9.17) is 15.5 Å². The van der Waals surface area contributed by atoms with Crippen LogP contribution in [0.25, 0.3) is 33.9 Å². The van der Waals surface area contributed by atoms with Gasteiger partial charge in [0.2, 0.25) is 0 Å². The highest BCUT2D eigenvalue weighted by atomic mass is 16.5. The predicted molar refractivity (Wildman–Crippen MR) is 108 cm³/mol. The summed E-state index contributed by atoms with van der Waals surface area (Å²) in [7, 11) is 1.34. The number of aromatic nitrogens is 4. The molecule has 4 rings (SSSR count). The second kappa shape index (κ2) is 7.43. The molecule has 0 aliphatic rings. The Hall–Kier alpha value is -4.20. The lowest BCUT2D eigenvalue weighted by atomic mass is 10.1. The second-order valence-electron chi connectivity index (χ2n) is 6.25. The van der Waals surface area contributed by atoms with Crippen LogP contribution in [0.5, 0.6) is 5.75 Å². The van der Waals surface area contributed by atoms with Crippen molar-refractivity contribution >= 4 is 11.8 Å². The van der Waals surface area contributed by atoms with Gasteiger partial charge in [0.05, 0.1) is 24.1 Å². The van der Waals surface area contributed by atoms with Crippen molar-refractivity contribution in [1.29, 1.82) is 0 Å². The molecule has 0 unspecified atom stereocenters. The van der Waals surface area contributed by atoms with Gasteiger partial charge in [0.1, 0.15) is 5.82 Å². The normalized spacial score (nSPS) is 10.7. The third kappa shape index (κ3) is 3.51. The number of aromatic amines is 1. The van der Waals surface area contributed by atoms with Crippen molar-refractivity contribution in [2.24, 2.45) is 0 Å². The average Bonchev–Trinajstić information content (AvgIpc) is 3.21. The molecule has 4 aromatic rings. The molecule has 29 heavy (non-hydrogen) atoms. The van der Waals surface area contributed by atoms with Crippen LogP contribution in [0.15, 0.2) is 61.1 Å². The Kier molecular flexibility index (Phi) is 4.66. The number of nitrogens with zero attached hydrogens (tertiary/aromatic N) is 3. The Labute approximate surface area is 166 Å². The minimum Gasteiger partial charge on any atom is -0.504 e. The number of benzene rings is 1. The van der Waals surface area contributed by atoms with Gasteiger partial charge in [-0.25, -0.2) is 14.8 Å². The second-order valence-corrected chi connectivity index (χ2v) is 6.25. The van der Waals surface area contributed by atoms with Crippen LogP contribution in [0, 0.1) is 0 Å². The summed E-state index contributed by atoms with van der Waals surface area (Å²) in [6.45, 7) is 0. The zero-order chi connectivity index (χ0) is 20.4. The van der Waals surface area contributed by atoms with Crippen molar-refractivity contribution in [3.8, 4) is 39.7 Å². The van der Waals surface area contributed by atoms with E-state index < -0.39 is 5.97 Å². The van der Waals surface area contributed by atoms with Gasteiger partial charge in [-0.15, -0.1) is 0 Å². The Morgan fingerprint density at radius 3 is 2.62 bits per heavy atom. The number of anilines is 1. The van der Waals surface area contributed by atoms with E-state index in [-0.39, 0.29) is 11.6 Å². The summed E-state index contributed by atoms with van der Waals surface area (Å²) in [5.74, 6) is 0.0377. The molecule has 1 aromatic carbocycles. The minimum absolute atomic E-state index is 0.0424. The minimum atomic E-state index is -0.430. The highest BCUT2D eigenvalue weighted by Crippen LogP contribution is 2.34. The van der Waals surface area contributed by atoms with E-state index in [2.05, 4.69) is 15.0 Å². The van der Waals surface area contributed by atoms with Crippen LogP contribution in [0.3, 0.4) is 0 Å². The molecular weight excluding hydrogens is 370 g/mol. The summed E-state index contributed by atoms with van der Waals surface area (Å²) in [4.78, 5) is 27.9. The maximum absolute atomic E-state index is 11.9. The first-order valence-corrected chi connectivity index (χ1v) is 8.71. The lowest BCUT2D eigenvalue weighted by Gasteiger charge is -2.04. The van der Waals surface area contributed by atoms with Crippen LogP contribution in [0.2, 0.25) is 0 Å². The van der Waals surface area contributed by atoms with Gasteiger partial charge in [-0.1, -0.05) is 12.1 Å². The average molecular weight is 387 g/mol. The number of aromatic hydroxyl groups is 1. The number of carbonyl (C=O) groups is 1. The largest absolute Gasteiger partial charge is 0.504 e. The molecule has 0 saturated carbocycles. The first-order valence-electron chi connectivity index (χ1n) is 8.71. The number of esters is 1. The van der Waals surface area contributed by atoms with E-state index in [9.17, 15) is 9.90 Å². The summed E-state index contributed by atoms with van der Waals surface area (Å²) in [6, 6.07) is 12.2. The van der Waals surface area contributed by atoms with Crippen molar-refractivity contribution in [2.45, 2.75) is 0 Å². The SMILES string of the molecule is COC(=O)c1cccc(-c2nc(-c3cnc(N)c(O)c3)c(-c3ccncc3)[nH]2)c1. The van der Waals surface area contributed by atoms with Gasteiger partial charge in [-0.2, -0.15) is 0 Å². The zero-order valence-corrected chi connectivity index (χ0v) is 15.5. The van der Waals surface area contributed by atoms with Gasteiger partial charge in [0.15, 0.2) is 11.6 Å². The van der Waals surface area contributed by atoms with E-state index in [0.717, 1.165) is 11.3 Å². The predicted octanol–water partition coefficient (Wildman–Crippen LogP) is 3.28. The maximum atomic E-state index is 11.9. The number of hydrogen-bond acceptors (Lipinski definition) is 7. The molecule has 0 amide bonds. The maximum Gasteiger partial charge on any atom is 0.337 e. The molecule has 8 heteroatoms. The van der Waals surface area contributed by atoms with Crippen LogP contribution < -0.4 is 5.73 Å². The van der Waals surface area contributed by atoms with E-state index >= 15 is 0 Å². The van der Waals surface area contributed by atoms with Crippen LogP contribution in [0.4, 0.5) is 5.82 Å². The lowest BCUT2D eigenvalue weighted by Crippen LogP contribution is -2.00. The lowest BCUT2D eigenvalue weighted by molar-refractivity contribution is 0.0601. The molecule has 144 valence electrons. The molecule has 0 aliphatic heterocycles. The van der Waals surface area contributed by atoms with E-state index in [1.807, 2.05) is 18.2 Å². The number of ether oxygens (including phenoxy) is 1. The Morgan fingerprint density at radius 2 is 1.90 bits per heavy atom. The first-order chi connectivity index (χ1) is 14.1. The number of nitrogens with two attached hydrogens (primary N) is 1. The summed E-state index contributed by atoms with van der Waals surface area (Å²) in [5.41, 5.74) is 9.50. The molecule has 0 saturated heterocycles. The van der Waals surface area contributed by atoms with Gasteiger partial charge in [0.25, 0.3) is 0 Å². The van der Waals surface area contributed by atoms with Crippen molar-refractivity contribution in [2.75, 3.05) is 12.8 Å². The van der Waals surface area contributed by atoms with Crippen molar-refractivity contribution in [3.05, 3.63) is 66.6 Å². The van der Waals surface area contributed by atoms with Crippen LogP contribution in [0.1, 0.15) is 10.4 Å². The summed E-state index contributed by atoms with van der Waals surface area (Å²) < 4.78 is 4.79. The number of pyridine rings is 2. The molecule has 0 fully saturated rings. The van der Waals surface area contributed by atoms with Gasteiger partial charge < -0.3 is 20.6 Å². The quantitative estimate of drug-likeness (QED) is 0.459. The zero-order valence-electron chi connectivity index (χ0n) is 15.5. The summed E-state index contributed by atoms with van der Waals surface area (Å²) >= 11 is 0. The van der Waals surface area contributed by atoms with Crippen LogP contribution in [-0.2, 0) is 4.74 Å². The molecule has 8 nitrogen and oxygen atoms in total. The van der Waals surface area contributed by atoms with Gasteiger partial charge in [0, 0.05) is 35.3 Å². The monoisotopic (exact) mass is 387 g/mol. The number of imidazole rings is 1. The number of rotatable bonds is 4. The Balaban J connectivity index is 1.88. The fraction of sp³-hybridized carbons (Fsp3) is 0.0476. The van der Waals surface area contributed by atoms with Crippen LogP contribution in [-0.4, -0.2) is 38.1 Å². The van der Waals surface area contributed by atoms with Crippen molar-refractivity contribution in [3.63, 3.8) is 0 Å². The standard InChI is InChI=1S/C21H17N5O3/c1-29-21(28)14-4-2-3-13(9-14)20-25-17(12-5-7-23-8-6-12)18(26-20)15-10-16(27)19(22)24-11-15/h2-11,27H,1H3,(H2,22,24)(H,25,26). The molecule has 0 atom stereocenters. The smallest absolute Gasteiger partial charge is 0.337 e. The third-order valence-corrected chi connectivity index (χ3v) is 4.40. The number of nitrogens with one attached hydrogen (secondary N) is 1. The highest BCUT2D eigenvalue weighted by Gasteiger charge is 2.17. The van der Waals surface area contributed by atoms with Crippen LogP contribution >= 0.6 is 0 Å². The van der Waals surface area contributed by atoms with E-state index in [0.29, 0.717) is 28.2 Å². The number of carbonyl (C=O) groups excluding carboxylic acids is 1. The number of H-pyrrole nitrogens is 1. The number of hydrogen-bond donors (Lipinski definition) is 3. The molecule has 0 spiro atoms. The topological polar surface area (TPSA) is 127 Å². The molecule has 4 N–H and O–H groups in total. The van der Waals surface area contributed by atoms with Gasteiger partial charge in [-0.3, -0.25) is 4.98 Å². The van der Waals surface area contributed by atoms with Gasteiger partial charge in [-0.05, 0) is 30.3 Å². The van der Waals surface area contributed by atoms with E-state index in [1.54, 1.807) is 36.8 Å². The highest BCUT2D eigenvalue weighted by molar-refractivity contribution is 5.91.